The van der Waals surface area contributed by atoms with Gasteiger partial charge in [-0.3, -0.25) is 24.4 Å². The van der Waals surface area contributed by atoms with Gasteiger partial charge in [-0.15, -0.1) is 0 Å². The molecule has 0 bridgehead atoms. The Hall–Kier alpha value is -2.49. The van der Waals surface area contributed by atoms with Crippen LogP contribution in [0.5, 0.6) is 0 Å². The Kier molecular flexibility index (Phi) is 6.87. The van der Waals surface area contributed by atoms with Crippen LogP contribution >= 0.6 is 0 Å². The van der Waals surface area contributed by atoms with Crippen LogP contribution in [0.4, 0.5) is 5.69 Å². The molecule has 0 radical (unpaired) electrons. The Balaban J connectivity index is 1.86. The van der Waals surface area contributed by atoms with Crippen LogP contribution in [-0.4, -0.2) is 57.1 Å². The number of likely N-dealkylation sites (tertiary alicyclic amines) is 1. The lowest BCUT2D eigenvalue weighted by Crippen LogP contribution is -2.49. The molecule has 1 aliphatic rings. The zero-order valence-electron chi connectivity index (χ0n) is 14.1. The summed E-state index contributed by atoms with van der Waals surface area (Å²) in [6.07, 6.45) is 5.78. The van der Waals surface area contributed by atoms with Crippen LogP contribution < -0.4 is 11.1 Å². The molecule has 25 heavy (non-hydrogen) atoms. The Bertz CT molecular complexity index is 617. The van der Waals surface area contributed by atoms with E-state index in [2.05, 4.69) is 10.4 Å². The summed E-state index contributed by atoms with van der Waals surface area (Å²) in [5.74, 6) is -0.139. The fourth-order valence-corrected chi connectivity index (χ4v) is 2.92. The molecular weight excluding hydrogens is 328 g/mol. The van der Waals surface area contributed by atoms with Crippen molar-refractivity contribution in [3.63, 3.8) is 0 Å². The number of aromatic nitrogens is 2. The molecule has 2 amide bonds. The molecule has 1 saturated heterocycles. The van der Waals surface area contributed by atoms with Crippen molar-refractivity contribution >= 4 is 17.5 Å². The topological polar surface area (TPSA) is 136 Å². The van der Waals surface area contributed by atoms with E-state index in [0.29, 0.717) is 19.6 Å². The second-order valence-electron chi connectivity index (χ2n) is 6.05. The third-order valence-electron chi connectivity index (χ3n) is 4.24. The number of nitro groups is 1. The zero-order valence-corrected chi connectivity index (χ0v) is 14.1. The number of carbonyl (C=O) groups excluding carboxylic acids is 2. The Morgan fingerprint density at radius 2 is 2.20 bits per heavy atom. The molecule has 0 aromatic carbocycles. The number of piperidine rings is 1. The van der Waals surface area contributed by atoms with Crippen LogP contribution in [0.3, 0.4) is 0 Å². The number of nitrogens with two attached hydrogens (primary N) is 1. The number of carbonyl (C=O) groups is 2. The van der Waals surface area contributed by atoms with Crippen molar-refractivity contribution < 1.29 is 14.5 Å². The maximum absolute atomic E-state index is 12.5. The molecule has 3 N–H and O–H groups in total. The van der Waals surface area contributed by atoms with E-state index in [1.165, 1.54) is 17.1 Å². The first-order chi connectivity index (χ1) is 12.0. The fraction of sp³-hybridized carbons (Fsp3) is 0.667. The summed E-state index contributed by atoms with van der Waals surface area (Å²) in [7, 11) is 0. The van der Waals surface area contributed by atoms with E-state index >= 15 is 0 Å². The van der Waals surface area contributed by atoms with Crippen molar-refractivity contribution in [3.8, 4) is 0 Å². The molecule has 0 spiro atoms. The van der Waals surface area contributed by atoms with Crippen LogP contribution in [0.1, 0.15) is 32.1 Å². The lowest BCUT2D eigenvalue weighted by molar-refractivity contribution is -0.385. The van der Waals surface area contributed by atoms with E-state index in [1.54, 1.807) is 4.90 Å². The minimum absolute atomic E-state index is 0.0186. The van der Waals surface area contributed by atoms with Gasteiger partial charge in [0.15, 0.2) is 0 Å². The highest BCUT2D eigenvalue weighted by molar-refractivity contribution is 5.77. The standard InChI is InChI=1S/C15H24N6O4/c16-6-4-14(22)17-9-12-3-1-2-7-20(12)15(23)5-8-19-11-13(10-18-19)21(24)25/h10-12H,1-9,16H2,(H,17,22). The smallest absolute Gasteiger partial charge is 0.306 e. The number of aryl methyl sites for hydroxylation is 1. The molecule has 1 aromatic rings. The average molecular weight is 352 g/mol. The lowest BCUT2D eigenvalue weighted by Gasteiger charge is -2.36. The Labute approximate surface area is 145 Å². The minimum atomic E-state index is -0.518. The Morgan fingerprint density at radius 1 is 1.40 bits per heavy atom. The number of nitrogens with one attached hydrogen (secondary N) is 1. The maximum Gasteiger partial charge on any atom is 0.306 e. The van der Waals surface area contributed by atoms with Gasteiger partial charge in [0.05, 0.1) is 4.92 Å². The molecule has 0 aliphatic carbocycles. The highest BCUT2D eigenvalue weighted by Crippen LogP contribution is 2.18. The van der Waals surface area contributed by atoms with Crippen molar-refractivity contribution in [2.45, 2.75) is 44.7 Å². The number of nitrogens with zero attached hydrogens (tertiary/aromatic N) is 4. The quantitative estimate of drug-likeness (QED) is 0.500. The molecule has 2 heterocycles. The molecule has 1 fully saturated rings. The minimum Gasteiger partial charge on any atom is -0.354 e. The largest absolute Gasteiger partial charge is 0.354 e. The molecule has 0 saturated carbocycles. The predicted octanol–water partition coefficient (Wildman–Crippen LogP) is 0.0275. The molecule has 10 nitrogen and oxygen atoms in total. The van der Waals surface area contributed by atoms with Crippen LogP contribution in [0.2, 0.25) is 0 Å². The van der Waals surface area contributed by atoms with Crippen LogP contribution in [-0.2, 0) is 16.1 Å². The van der Waals surface area contributed by atoms with Gasteiger partial charge in [-0.1, -0.05) is 0 Å². The number of amides is 2. The molecule has 138 valence electrons. The SMILES string of the molecule is NCCC(=O)NCC1CCCCN1C(=O)CCn1cc([N+](=O)[O-])cn1. The maximum atomic E-state index is 12.5. The summed E-state index contributed by atoms with van der Waals surface area (Å²) in [5, 5.41) is 17.4. The van der Waals surface area contributed by atoms with E-state index in [9.17, 15) is 19.7 Å². The monoisotopic (exact) mass is 352 g/mol. The molecule has 1 aliphatic heterocycles. The Morgan fingerprint density at radius 3 is 2.88 bits per heavy atom. The van der Waals surface area contributed by atoms with Gasteiger partial charge >= 0.3 is 5.69 Å². The summed E-state index contributed by atoms with van der Waals surface area (Å²) in [6, 6.07) is -0.0186. The van der Waals surface area contributed by atoms with Crippen molar-refractivity contribution in [2.75, 3.05) is 19.6 Å². The second-order valence-corrected chi connectivity index (χ2v) is 6.05. The van der Waals surface area contributed by atoms with Crippen LogP contribution in [0.25, 0.3) is 0 Å². The first-order valence-corrected chi connectivity index (χ1v) is 8.44. The van der Waals surface area contributed by atoms with Gasteiger partial charge in [0.1, 0.15) is 12.4 Å². The van der Waals surface area contributed by atoms with Crippen molar-refractivity contribution in [1.82, 2.24) is 20.0 Å². The summed E-state index contributed by atoms with van der Waals surface area (Å²) in [4.78, 5) is 36.0. The average Bonchev–Trinajstić information content (AvgIpc) is 3.08. The molecular formula is C15H24N6O4. The summed E-state index contributed by atoms with van der Waals surface area (Å²) in [6.45, 7) is 1.68. The van der Waals surface area contributed by atoms with Crippen molar-refractivity contribution in [3.05, 3.63) is 22.5 Å². The molecule has 10 heteroatoms. The van der Waals surface area contributed by atoms with E-state index < -0.39 is 4.92 Å². The van der Waals surface area contributed by atoms with Gasteiger partial charge in [0.25, 0.3) is 0 Å². The molecule has 1 unspecified atom stereocenters. The molecule has 2 rings (SSSR count). The zero-order chi connectivity index (χ0) is 18.2. The van der Waals surface area contributed by atoms with Crippen molar-refractivity contribution in [2.24, 2.45) is 5.73 Å². The highest BCUT2D eigenvalue weighted by atomic mass is 16.6. The summed E-state index contributed by atoms with van der Waals surface area (Å²) >= 11 is 0. The second kappa shape index (κ2) is 9.11. The van der Waals surface area contributed by atoms with Gasteiger partial charge < -0.3 is 16.0 Å². The van der Waals surface area contributed by atoms with Gasteiger partial charge in [0, 0.05) is 45.1 Å². The van der Waals surface area contributed by atoms with E-state index in [0.717, 1.165) is 19.3 Å². The van der Waals surface area contributed by atoms with E-state index in [4.69, 9.17) is 5.73 Å². The normalized spacial score (nSPS) is 17.3. The number of hydrogen-bond acceptors (Lipinski definition) is 6. The summed E-state index contributed by atoms with van der Waals surface area (Å²) < 4.78 is 1.40. The fourth-order valence-electron chi connectivity index (χ4n) is 2.92. The van der Waals surface area contributed by atoms with E-state index in [-0.39, 0.29) is 42.9 Å². The highest BCUT2D eigenvalue weighted by Gasteiger charge is 2.26. The van der Waals surface area contributed by atoms with Gasteiger partial charge in [-0.2, -0.15) is 5.10 Å². The van der Waals surface area contributed by atoms with Crippen molar-refractivity contribution in [1.29, 1.82) is 0 Å². The summed E-state index contributed by atoms with van der Waals surface area (Å²) in [5.41, 5.74) is 5.26. The van der Waals surface area contributed by atoms with Gasteiger partial charge in [-0.25, -0.2) is 0 Å². The third-order valence-corrected chi connectivity index (χ3v) is 4.24. The van der Waals surface area contributed by atoms with Crippen LogP contribution in [0.15, 0.2) is 12.4 Å². The van der Waals surface area contributed by atoms with Crippen LogP contribution in [0, 0.1) is 10.1 Å². The van der Waals surface area contributed by atoms with Gasteiger partial charge in [0.2, 0.25) is 11.8 Å². The third kappa shape index (κ3) is 5.52. The lowest BCUT2D eigenvalue weighted by atomic mass is 10.0. The molecule has 1 aromatic heterocycles. The predicted molar refractivity (Wildman–Crippen MR) is 89.5 cm³/mol. The first kappa shape index (κ1) is 18.8. The number of rotatable bonds is 8. The van der Waals surface area contributed by atoms with Gasteiger partial charge in [-0.05, 0) is 19.3 Å². The van der Waals surface area contributed by atoms with E-state index in [1.807, 2.05) is 0 Å². The first-order valence-electron chi connectivity index (χ1n) is 8.44. The molecule has 1 atom stereocenters. The number of hydrogen-bond donors (Lipinski definition) is 2.